The molecule has 1 amide bonds. The summed E-state index contributed by atoms with van der Waals surface area (Å²) in [5, 5.41) is 7.43. The van der Waals surface area contributed by atoms with Crippen molar-refractivity contribution in [2.45, 2.75) is 20.4 Å². The van der Waals surface area contributed by atoms with E-state index in [1.54, 1.807) is 6.33 Å². The number of anilines is 1. The van der Waals surface area contributed by atoms with E-state index in [1.165, 1.54) is 0 Å². The molecule has 7 heteroatoms. The van der Waals surface area contributed by atoms with Crippen molar-refractivity contribution >= 4 is 11.7 Å². The first-order valence-corrected chi connectivity index (χ1v) is 9.51. The van der Waals surface area contributed by atoms with Gasteiger partial charge in [-0.25, -0.2) is 9.97 Å². The zero-order valence-corrected chi connectivity index (χ0v) is 16.2. The Hall–Kier alpha value is -3.22. The minimum atomic E-state index is -0.00408. The summed E-state index contributed by atoms with van der Waals surface area (Å²) in [6.45, 7) is 6.63. The van der Waals surface area contributed by atoms with Crippen LogP contribution in [0.1, 0.15) is 11.4 Å². The van der Waals surface area contributed by atoms with E-state index in [1.807, 2.05) is 61.0 Å². The number of nitrogens with one attached hydrogen (secondary N) is 1. The Morgan fingerprint density at radius 1 is 1.14 bits per heavy atom. The highest BCUT2D eigenvalue weighted by Crippen LogP contribution is 2.26. The molecule has 1 aliphatic rings. The fraction of sp³-hybridized carbons (Fsp3) is 0.333. The lowest BCUT2D eigenvalue weighted by Crippen LogP contribution is -2.54. The minimum Gasteiger partial charge on any atom is -0.355 e. The molecule has 7 nitrogen and oxygen atoms in total. The number of aryl methyl sites for hydroxylation is 2. The van der Waals surface area contributed by atoms with Crippen LogP contribution in [0, 0.1) is 19.8 Å². The van der Waals surface area contributed by atoms with E-state index in [2.05, 4.69) is 25.3 Å². The van der Waals surface area contributed by atoms with Crippen molar-refractivity contribution in [2.75, 3.05) is 24.5 Å². The summed E-state index contributed by atoms with van der Waals surface area (Å²) < 4.78 is 1.93. The van der Waals surface area contributed by atoms with Gasteiger partial charge in [0, 0.05) is 37.0 Å². The van der Waals surface area contributed by atoms with Crippen molar-refractivity contribution < 1.29 is 4.79 Å². The number of carbonyl (C=O) groups is 1. The second-order valence-corrected chi connectivity index (χ2v) is 7.17. The maximum Gasteiger partial charge on any atom is 0.226 e. The predicted molar refractivity (Wildman–Crippen MR) is 108 cm³/mol. The number of rotatable bonds is 6. The van der Waals surface area contributed by atoms with Crippen molar-refractivity contribution in [1.82, 2.24) is 25.1 Å². The summed E-state index contributed by atoms with van der Waals surface area (Å²) in [6, 6.07) is 14.0. The molecule has 3 aromatic rings. The first kappa shape index (κ1) is 18.2. The van der Waals surface area contributed by atoms with Crippen LogP contribution in [0.15, 0.2) is 48.8 Å². The van der Waals surface area contributed by atoms with Crippen LogP contribution in [-0.4, -0.2) is 45.3 Å². The van der Waals surface area contributed by atoms with Crippen LogP contribution >= 0.6 is 0 Å². The Morgan fingerprint density at radius 3 is 2.64 bits per heavy atom. The number of carbonyl (C=O) groups excluding carboxylic acids is 1. The molecule has 1 aromatic carbocycles. The molecule has 1 N–H and O–H groups in total. The van der Waals surface area contributed by atoms with E-state index >= 15 is 0 Å². The van der Waals surface area contributed by atoms with Gasteiger partial charge in [-0.1, -0.05) is 30.3 Å². The van der Waals surface area contributed by atoms with Crippen molar-refractivity contribution in [3.63, 3.8) is 0 Å². The molecule has 4 rings (SSSR count). The highest BCUT2D eigenvalue weighted by Gasteiger charge is 2.33. The molecule has 2 aromatic heterocycles. The molecule has 1 saturated heterocycles. The highest BCUT2D eigenvalue weighted by atomic mass is 16.2. The second kappa shape index (κ2) is 7.80. The number of nitrogens with zero attached hydrogens (tertiary/aromatic N) is 5. The van der Waals surface area contributed by atoms with E-state index in [-0.39, 0.29) is 11.8 Å². The molecule has 28 heavy (non-hydrogen) atoms. The molecule has 0 bridgehead atoms. The molecular formula is C21H24N6O. The van der Waals surface area contributed by atoms with Crippen LogP contribution < -0.4 is 10.2 Å². The van der Waals surface area contributed by atoms with Gasteiger partial charge in [0.1, 0.15) is 12.1 Å². The van der Waals surface area contributed by atoms with Gasteiger partial charge in [-0.05, 0) is 19.9 Å². The monoisotopic (exact) mass is 376 g/mol. The van der Waals surface area contributed by atoms with Gasteiger partial charge < -0.3 is 10.2 Å². The lowest BCUT2D eigenvalue weighted by Gasteiger charge is -2.39. The normalized spacial score (nSPS) is 14.0. The summed E-state index contributed by atoms with van der Waals surface area (Å²) in [5.74, 6) is 0.950. The van der Waals surface area contributed by atoms with Gasteiger partial charge in [0.25, 0.3) is 0 Å². The largest absolute Gasteiger partial charge is 0.355 e. The van der Waals surface area contributed by atoms with Crippen molar-refractivity contribution in [3.8, 4) is 11.3 Å². The number of amides is 1. The number of benzene rings is 1. The molecule has 0 unspecified atom stereocenters. The maximum absolute atomic E-state index is 12.4. The Morgan fingerprint density at radius 2 is 1.93 bits per heavy atom. The average Bonchev–Trinajstić information content (AvgIpc) is 2.99. The van der Waals surface area contributed by atoms with Gasteiger partial charge in [-0.15, -0.1) is 0 Å². The fourth-order valence-electron chi connectivity index (χ4n) is 3.45. The van der Waals surface area contributed by atoms with Crippen LogP contribution in [0.5, 0.6) is 0 Å². The summed E-state index contributed by atoms with van der Waals surface area (Å²) >= 11 is 0. The molecule has 3 heterocycles. The molecule has 1 fully saturated rings. The van der Waals surface area contributed by atoms with Gasteiger partial charge in [0.05, 0.1) is 23.9 Å². The number of hydrogen-bond donors (Lipinski definition) is 1. The van der Waals surface area contributed by atoms with E-state index in [0.29, 0.717) is 26.2 Å². The van der Waals surface area contributed by atoms with Gasteiger partial charge in [0.2, 0.25) is 5.91 Å². The quantitative estimate of drug-likeness (QED) is 0.714. The number of aromatic nitrogens is 4. The molecule has 0 spiro atoms. The van der Waals surface area contributed by atoms with Gasteiger partial charge in [0.15, 0.2) is 0 Å². The van der Waals surface area contributed by atoms with E-state index in [0.717, 1.165) is 28.5 Å². The topological polar surface area (TPSA) is 75.9 Å². The van der Waals surface area contributed by atoms with Crippen LogP contribution in [-0.2, 0) is 11.3 Å². The molecular weight excluding hydrogens is 352 g/mol. The van der Waals surface area contributed by atoms with Crippen molar-refractivity contribution in [3.05, 3.63) is 60.2 Å². The van der Waals surface area contributed by atoms with E-state index < -0.39 is 0 Å². The summed E-state index contributed by atoms with van der Waals surface area (Å²) in [7, 11) is 0. The lowest BCUT2D eigenvalue weighted by atomic mass is 9.99. The lowest BCUT2D eigenvalue weighted by molar-refractivity contribution is -0.125. The highest BCUT2D eigenvalue weighted by molar-refractivity contribution is 5.81. The predicted octanol–water partition coefficient (Wildman–Crippen LogP) is 2.21. The molecule has 0 saturated carbocycles. The van der Waals surface area contributed by atoms with Crippen LogP contribution in [0.2, 0.25) is 0 Å². The minimum absolute atomic E-state index is 0.00408. The SMILES string of the molecule is Cc1cc(C)n(CCNC(=O)C2CN(c3cc(-c4ccccc4)ncn3)C2)n1. The Labute approximate surface area is 164 Å². The Balaban J connectivity index is 1.28. The molecule has 0 atom stereocenters. The average molecular weight is 376 g/mol. The first-order valence-electron chi connectivity index (χ1n) is 9.51. The Bertz CT molecular complexity index is 962. The van der Waals surface area contributed by atoms with E-state index in [9.17, 15) is 4.79 Å². The summed E-state index contributed by atoms with van der Waals surface area (Å²) in [5.41, 5.74) is 4.06. The molecule has 0 aliphatic carbocycles. The van der Waals surface area contributed by atoms with Gasteiger partial charge in [-0.2, -0.15) is 5.10 Å². The summed E-state index contributed by atoms with van der Waals surface area (Å²) in [4.78, 5) is 23.2. The van der Waals surface area contributed by atoms with Crippen LogP contribution in [0.3, 0.4) is 0 Å². The van der Waals surface area contributed by atoms with E-state index in [4.69, 9.17) is 0 Å². The molecule has 0 radical (unpaired) electrons. The zero-order valence-electron chi connectivity index (χ0n) is 16.2. The third-order valence-corrected chi connectivity index (χ3v) is 5.02. The third-order valence-electron chi connectivity index (χ3n) is 5.02. The smallest absolute Gasteiger partial charge is 0.226 e. The third kappa shape index (κ3) is 3.88. The second-order valence-electron chi connectivity index (χ2n) is 7.17. The maximum atomic E-state index is 12.4. The summed E-state index contributed by atoms with van der Waals surface area (Å²) in [6.07, 6.45) is 1.58. The zero-order chi connectivity index (χ0) is 19.5. The van der Waals surface area contributed by atoms with Crippen molar-refractivity contribution in [1.29, 1.82) is 0 Å². The van der Waals surface area contributed by atoms with Gasteiger partial charge in [-0.3, -0.25) is 9.48 Å². The van der Waals surface area contributed by atoms with Crippen LogP contribution in [0.4, 0.5) is 5.82 Å². The molecule has 1 aliphatic heterocycles. The van der Waals surface area contributed by atoms with Crippen LogP contribution in [0.25, 0.3) is 11.3 Å². The Kier molecular flexibility index (Phi) is 5.06. The fourth-order valence-corrected chi connectivity index (χ4v) is 3.45. The van der Waals surface area contributed by atoms with Gasteiger partial charge >= 0.3 is 0 Å². The first-order chi connectivity index (χ1) is 13.6. The van der Waals surface area contributed by atoms with Crippen molar-refractivity contribution in [2.24, 2.45) is 5.92 Å². The standard InChI is InChI=1S/C21H24N6O/c1-15-10-16(2)27(25-15)9-8-22-21(28)18-12-26(13-18)20-11-19(23-14-24-20)17-6-4-3-5-7-17/h3-7,10-11,14,18H,8-9,12-13H2,1-2H3,(H,22,28). The molecule has 144 valence electrons. The number of hydrogen-bond acceptors (Lipinski definition) is 5.